The number of anilines is 2. The molecule has 1 aliphatic rings. The average molecular weight is 272 g/mol. The Balaban J connectivity index is 1.94. The summed E-state index contributed by atoms with van der Waals surface area (Å²) in [6.45, 7) is 0. The molecule has 1 unspecified atom stereocenters. The van der Waals surface area contributed by atoms with Crippen LogP contribution in [0.3, 0.4) is 0 Å². The lowest BCUT2D eigenvalue weighted by molar-refractivity contribution is 0.256. The summed E-state index contributed by atoms with van der Waals surface area (Å²) in [4.78, 5) is 13.9. The maximum Gasteiger partial charge on any atom is 0.342 e. The van der Waals surface area contributed by atoms with Gasteiger partial charge in [-0.05, 0) is 24.3 Å². The predicted octanol–water partition coefficient (Wildman–Crippen LogP) is 2.75. The molecule has 1 heterocycles. The molecule has 3 rings (SSSR count). The lowest BCUT2D eigenvalue weighted by Crippen LogP contribution is -2.31. The number of benzene rings is 2. The monoisotopic (exact) mass is 272 g/mol. The minimum Gasteiger partial charge on any atom is -0.279 e. The standard InChI is InChI=1S/C14H12N2O2S/c17-14-15(12-7-3-1-4-8-12)11-19(18)16(14)13-9-5-2-6-10-13/h1-10H,11H2. The average Bonchev–Trinajstić information content (AvgIpc) is 2.76. The molecule has 1 saturated heterocycles. The Hall–Kier alpha value is -2.14. The minimum atomic E-state index is -1.36. The Morgan fingerprint density at radius 3 is 1.95 bits per heavy atom. The highest BCUT2D eigenvalue weighted by Crippen LogP contribution is 2.27. The van der Waals surface area contributed by atoms with Crippen LogP contribution in [0.1, 0.15) is 0 Å². The first kappa shape index (κ1) is 11.9. The van der Waals surface area contributed by atoms with Crippen LogP contribution >= 0.6 is 0 Å². The molecule has 2 amide bonds. The first-order chi connectivity index (χ1) is 9.27. The van der Waals surface area contributed by atoms with Crippen molar-refractivity contribution >= 4 is 28.4 Å². The lowest BCUT2D eigenvalue weighted by Gasteiger charge is -2.16. The molecule has 19 heavy (non-hydrogen) atoms. The van der Waals surface area contributed by atoms with Crippen LogP contribution in [0.15, 0.2) is 60.7 Å². The van der Waals surface area contributed by atoms with Gasteiger partial charge in [0.05, 0.1) is 5.69 Å². The van der Waals surface area contributed by atoms with Crippen molar-refractivity contribution in [2.75, 3.05) is 15.1 Å². The Kier molecular flexibility index (Phi) is 3.05. The van der Waals surface area contributed by atoms with Crippen molar-refractivity contribution in [3.05, 3.63) is 60.7 Å². The zero-order chi connectivity index (χ0) is 13.2. The highest BCUT2D eigenvalue weighted by Gasteiger charge is 2.36. The number of nitrogens with zero attached hydrogens (tertiary/aromatic N) is 2. The zero-order valence-electron chi connectivity index (χ0n) is 10.1. The number of para-hydroxylation sites is 2. The molecule has 0 bridgehead atoms. The molecule has 1 aliphatic heterocycles. The summed E-state index contributed by atoms with van der Waals surface area (Å²) in [6, 6.07) is 18.1. The van der Waals surface area contributed by atoms with Gasteiger partial charge in [0.1, 0.15) is 16.9 Å². The fourth-order valence-electron chi connectivity index (χ4n) is 2.00. The quantitative estimate of drug-likeness (QED) is 0.843. The molecule has 0 radical (unpaired) electrons. The van der Waals surface area contributed by atoms with Crippen LogP contribution < -0.4 is 9.21 Å². The fraction of sp³-hybridized carbons (Fsp3) is 0.0714. The van der Waals surface area contributed by atoms with Gasteiger partial charge in [-0.2, -0.15) is 0 Å². The molecule has 96 valence electrons. The topological polar surface area (TPSA) is 40.6 Å². The molecular weight excluding hydrogens is 260 g/mol. The van der Waals surface area contributed by atoms with E-state index in [9.17, 15) is 9.00 Å². The number of rotatable bonds is 2. The van der Waals surface area contributed by atoms with Gasteiger partial charge in [0.2, 0.25) is 0 Å². The van der Waals surface area contributed by atoms with E-state index in [1.807, 2.05) is 48.5 Å². The van der Waals surface area contributed by atoms with Crippen LogP contribution in [0.25, 0.3) is 0 Å². The summed E-state index contributed by atoms with van der Waals surface area (Å²) in [7, 11) is -1.36. The largest absolute Gasteiger partial charge is 0.342 e. The molecule has 0 aromatic heterocycles. The van der Waals surface area contributed by atoms with E-state index in [0.29, 0.717) is 5.69 Å². The summed E-state index contributed by atoms with van der Waals surface area (Å²) in [6.07, 6.45) is 0. The first-order valence-corrected chi connectivity index (χ1v) is 7.15. The second-order valence-electron chi connectivity index (χ2n) is 4.13. The van der Waals surface area contributed by atoms with Gasteiger partial charge in [-0.3, -0.25) is 4.90 Å². The van der Waals surface area contributed by atoms with Gasteiger partial charge < -0.3 is 0 Å². The van der Waals surface area contributed by atoms with E-state index in [0.717, 1.165) is 5.69 Å². The third kappa shape index (κ3) is 2.13. The summed E-state index contributed by atoms with van der Waals surface area (Å²) >= 11 is 0. The lowest BCUT2D eigenvalue weighted by atomic mass is 10.3. The number of hydrogen-bond donors (Lipinski definition) is 0. The molecule has 0 aliphatic carbocycles. The second kappa shape index (κ2) is 4.85. The van der Waals surface area contributed by atoms with Gasteiger partial charge >= 0.3 is 6.03 Å². The maximum absolute atomic E-state index is 12.4. The van der Waals surface area contributed by atoms with Gasteiger partial charge in [0, 0.05) is 5.69 Å². The van der Waals surface area contributed by atoms with Crippen LogP contribution in [0.4, 0.5) is 16.2 Å². The Morgan fingerprint density at radius 1 is 0.842 bits per heavy atom. The number of carbonyl (C=O) groups is 1. The highest BCUT2D eigenvalue weighted by atomic mass is 32.2. The van der Waals surface area contributed by atoms with E-state index in [4.69, 9.17) is 0 Å². The van der Waals surface area contributed by atoms with Crippen LogP contribution in [-0.2, 0) is 11.0 Å². The molecular formula is C14H12N2O2S. The van der Waals surface area contributed by atoms with Gasteiger partial charge in [-0.25, -0.2) is 13.3 Å². The summed E-state index contributed by atoms with van der Waals surface area (Å²) < 4.78 is 13.5. The summed E-state index contributed by atoms with van der Waals surface area (Å²) in [5.41, 5.74) is 1.42. The molecule has 1 fully saturated rings. The number of urea groups is 1. The molecule has 0 N–H and O–H groups in total. The van der Waals surface area contributed by atoms with Gasteiger partial charge in [-0.1, -0.05) is 36.4 Å². The summed E-state index contributed by atoms with van der Waals surface area (Å²) in [5, 5.41) is 0. The third-order valence-electron chi connectivity index (χ3n) is 2.91. The number of amides is 2. The van der Waals surface area contributed by atoms with Gasteiger partial charge in [0.15, 0.2) is 0 Å². The van der Waals surface area contributed by atoms with Crippen LogP contribution in [0.5, 0.6) is 0 Å². The Labute approximate surface area is 113 Å². The number of hydrogen-bond acceptors (Lipinski definition) is 2. The molecule has 0 spiro atoms. The molecule has 2 aromatic rings. The van der Waals surface area contributed by atoms with Gasteiger partial charge in [-0.15, -0.1) is 0 Å². The smallest absolute Gasteiger partial charge is 0.279 e. The Morgan fingerprint density at radius 2 is 1.37 bits per heavy atom. The van der Waals surface area contributed by atoms with Crippen molar-refractivity contribution in [2.24, 2.45) is 0 Å². The predicted molar refractivity (Wildman–Crippen MR) is 76.2 cm³/mol. The van der Waals surface area contributed by atoms with Crippen molar-refractivity contribution in [3.63, 3.8) is 0 Å². The van der Waals surface area contributed by atoms with Crippen LogP contribution in [0.2, 0.25) is 0 Å². The van der Waals surface area contributed by atoms with Crippen molar-refractivity contribution in [1.82, 2.24) is 0 Å². The van der Waals surface area contributed by atoms with E-state index < -0.39 is 11.0 Å². The van der Waals surface area contributed by atoms with Crippen LogP contribution in [0, 0.1) is 0 Å². The molecule has 1 atom stereocenters. The Bertz CT molecular complexity index is 616. The van der Waals surface area contributed by atoms with Gasteiger partial charge in [0.25, 0.3) is 0 Å². The van der Waals surface area contributed by atoms with Crippen LogP contribution in [-0.4, -0.2) is 16.1 Å². The van der Waals surface area contributed by atoms with E-state index in [-0.39, 0.29) is 11.9 Å². The van der Waals surface area contributed by atoms with E-state index in [2.05, 4.69) is 0 Å². The van der Waals surface area contributed by atoms with E-state index in [1.54, 1.807) is 12.1 Å². The summed E-state index contributed by atoms with van der Waals surface area (Å²) in [5.74, 6) is 0.192. The van der Waals surface area contributed by atoms with Crippen molar-refractivity contribution < 1.29 is 9.00 Å². The maximum atomic E-state index is 12.4. The molecule has 4 nitrogen and oxygen atoms in total. The van der Waals surface area contributed by atoms with Crippen molar-refractivity contribution in [2.45, 2.75) is 0 Å². The van der Waals surface area contributed by atoms with Crippen molar-refractivity contribution in [1.29, 1.82) is 0 Å². The van der Waals surface area contributed by atoms with Crippen molar-refractivity contribution in [3.8, 4) is 0 Å². The first-order valence-electron chi connectivity index (χ1n) is 5.87. The normalized spacial score (nSPS) is 18.9. The number of carbonyl (C=O) groups excluding carboxylic acids is 1. The second-order valence-corrected chi connectivity index (χ2v) is 5.39. The minimum absolute atomic E-state index is 0.192. The fourth-order valence-corrected chi connectivity index (χ4v) is 3.23. The van der Waals surface area contributed by atoms with E-state index >= 15 is 0 Å². The highest BCUT2D eigenvalue weighted by molar-refractivity contribution is 7.88. The molecule has 0 saturated carbocycles. The third-order valence-corrected chi connectivity index (χ3v) is 4.16. The molecule has 5 heteroatoms. The zero-order valence-corrected chi connectivity index (χ0v) is 10.9. The SMILES string of the molecule is O=C1N(c2ccccc2)CS(=O)N1c1ccccc1. The van der Waals surface area contributed by atoms with E-state index in [1.165, 1.54) is 9.21 Å². The molecule has 2 aromatic carbocycles.